The lowest BCUT2D eigenvalue weighted by Crippen LogP contribution is -2.39. The van der Waals surface area contributed by atoms with Gasteiger partial charge < -0.3 is 19.5 Å². The van der Waals surface area contributed by atoms with Crippen molar-refractivity contribution in [3.8, 4) is 17.1 Å². The lowest BCUT2D eigenvalue weighted by atomic mass is 10.1. The first-order valence-corrected chi connectivity index (χ1v) is 9.47. The number of para-hydroxylation sites is 1. The first-order valence-electron chi connectivity index (χ1n) is 9.47. The fraction of sp³-hybridized carbons (Fsp3) is 0.273. The van der Waals surface area contributed by atoms with Crippen LogP contribution in [0, 0.1) is 5.82 Å². The highest BCUT2D eigenvalue weighted by Crippen LogP contribution is 2.30. The lowest BCUT2D eigenvalue weighted by Gasteiger charge is -2.22. The molecular weight excluding hydrogens is 373 g/mol. The first-order chi connectivity index (χ1) is 14.1. The number of hydrogen-bond acceptors (Lipinski definition) is 4. The van der Waals surface area contributed by atoms with Crippen molar-refractivity contribution in [1.82, 2.24) is 15.4 Å². The maximum atomic E-state index is 13.2. The van der Waals surface area contributed by atoms with Crippen molar-refractivity contribution in [3.63, 3.8) is 0 Å². The van der Waals surface area contributed by atoms with Gasteiger partial charge in [-0.25, -0.2) is 9.18 Å². The standard InChI is InChI=1S/C22H24FN3O3/c1-3-12-24-22(27)26(14-16-8-10-17(23)11-9-16)15-18-13-21(29-25-18)19-6-4-5-7-20(19)28-2/h4-11,13H,3,12,14-15H2,1-2H3,(H,24,27). The van der Waals surface area contributed by atoms with Crippen LogP contribution in [-0.4, -0.2) is 29.7 Å². The van der Waals surface area contributed by atoms with Gasteiger partial charge in [0.1, 0.15) is 17.3 Å². The molecule has 0 atom stereocenters. The van der Waals surface area contributed by atoms with Gasteiger partial charge in [-0.1, -0.05) is 36.3 Å². The van der Waals surface area contributed by atoms with Crippen molar-refractivity contribution in [3.05, 3.63) is 71.7 Å². The molecule has 0 bridgehead atoms. The monoisotopic (exact) mass is 397 g/mol. The number of aromatic nitrogens is 1. The molecule has 0 saturated heterocycles. The minimum absolute atomic E-state index is 0.210. The molecule has 0 spiro atoms. The number of amides is 2. The maximum absolute atomic E-state index is 13.2. The summed E-state index contributed by atoms with van der Waals surface area (Å²) in [7, 11) is 1.60. The summed E-state index contributed by atoms with van der Waals surface area (Å²) in [5.41, 5.74) is 2.22. The van der Waals surface area contributed by atoms with E-state index in [9.17, 15) is 9.18 Å². The highest BCUT2D eigenvalue weighted by Gasteiger charge is 2.18. The molecule has 0 fully saturated rings. The Balaban J connectivity index is 1.79. The molecule has 0 aliphatic heterocycles. The summed E-state index contributed by atoms with van der Waals surface area (Å²) in [4.78, 5) is 14.2. The quantitative estimate of drug-likeness (QED) is 0.603. The van der Waals surface area contributed by atoms with Crippen LogP contribution in [0.15, 0.2) is 59.1 Å². The molecular formula is C22H24FN3O3. The molecule has 0 radical (unpaired) electrons. The molecule has 3 aromatic rings. The number of carbonyl (C=O) groups excluding carboxylic acids is 1. The maximum Gasteiger partial charge on any atom is 0.318 e. The molecule has 0 saturated carbocycles. The van der Waals surface area contributed by atoms with Gasteiger partial charge in [0, 0.05) is 19.2 Å². The summed E-state index contributed by atoms with van der Waals surface area (Å²) in [6.45, 7) is 3.14. The molecule has 1 heterocycles. The van der Waals surface area contributed by atoms with Crippen molar-refractivity contribution in [2.24, 2.45) is 0 Å². The largest absolute Gasteiger partial charge is 0.496 e. The summed E-state index contributed by atoms with van der Waals surface area (Å²) >= 11 is 0. The molecule has 1 N–H and O–H groups in total. The van der Waals surface area contributed by atoms with Gasteiger partial charge in [0.2, 0.25) is 0 Å². The molecule has 29 heavy (non-hydrogen) atoms. The molecule has 152 valence electrons. The number of nitrogens with one attached hydrogen (secondary N) is 1. The number of ether oxygens (including phenoxy) is 1. The van der Waals surface area contributed by atoms with Crippen LogP contribution in [-0.2, 0) is 13.1 Å². The summed E-state index contributed by atoms with van der Waals surface area (Å²) in [6, 6.07) is 15.2. The van der Waals surface area contributed by atoms with E-state index in [0.717, 1.165) is 17.5 Å². The summed E-state index contributed by atoms with van der Waals surface area (Å²) in [5.74, 6) is 0.931. The van der Waals surface area contributed by atoms with E-state index in [-0.39, 0.29) is 18.4 Å². The third kappa shape index (κ3) is 5.34. The number of halogens is 1. The third-order valence-corrected chi connectivity index (χ3v) is 4.38. The van der Waals surface area contributed by atoms with Crippen molar-refractivity contribution >= 4 is 6.03 Å². The second-order valence-electron chi connectivity index (χ2n) is 6.60. The Hall–Kier alpha value is -3.35. The highest BCUT2D eigenvalue weighted by molar-refractivity contribution is 5.74. The van der Waals surface area contributed by atoms with Gasteiger partial charge in [-0.15, -0.1) is 0 Å². The second-order valence-corrected chi connectivity index (χ2v) is 6.60. The zero-order valence-electron chi connectivity index (χ0n) is 16.5. The zero-order valence-corrected chi connectivity index (χ0v) is 16.5. The average molecular weight is 397 g/mol. The molecule has 2 aromatic carbocycles. The Bertz CT molecular complexity index is 940. The van der Waals surface area contributed by atoms with E-state index in [1.54, 1.807) is 30.2 Å². The average Bonchev–Trinajstić information content (AvgIpc) is 3.21. The number of methoxy groups -OCH3 is 1. The molecule has 0 aliphatic rings. The van der Waals surface area contributed by atoms with Gasteiger partial charge in [0.05, 0.1) is 19.2 Å². The Labute approximate surface area is 169 Å². The van der Waals surface area contributed by atoms with Crippen LogP contribution in [0.25, 0.3) is 11.3 Å². The molecule has 2 amide bonds. The summed E-state index contributed by atoms with van der Waals surface area (Å²) < 4.78 is 24.0. The van der Waals surface area contributed by atoms with Gasteiger partial charge in [-0.3, -0.25) is 0 Å². The molecule has 6 nitrogen and oxygen atoms in total. The number of benzene rings is 2. The van der Waals surface area contributed by atoms with Crippen molar-refractivity contribution in [1.29, 1.82) is 0 Å². The Morgan fingerprint density at radius 3 is 2.66 bits per heavy atom. The van der Waals surface area contributed by atoms with Crippen molar-refractivity contribution in [2.45, 2.75) is 26.4 Å². The lowest BCUT2D eigenvalue weighted by molar-refractivity contribution is 0.190. The summed E-state index contributed by atoms with van der Waals surface area (Å²) in [6.07, 6.45) is 0.831. The third-order valence-electron chi connectivity index (χ3n) is 4.38. The Morgan fingerprint density at radius 1 is 1.17 bits per heavy atom. The van der Waals surface area contributed by atoms with Gasteiger partial charge in [0.25, 0.3) is 0 Å². The van der Waals surface area contributed by atoms with E-state index in [4.69, 9.17) is 9.26 Å². The number of rotatable bonds is 8. The normalized spacial score (nSPS) is 10.6. The zero-order chi connectivity index (χ0) is 20.6. The second kappa shape index (κ2) is 9.73. The van der Waals surface area contributed by atoms with Crippen LogP contribution < -0.4 is 10.1 Å². The van der Waals surface area contributed by atoms with Crippen LogP contribution in [0.4, 0.5) is 9.18 Å². The van der Waals surface area contributed by atoms with Crippen LogP contribution in [0.1, 0.15) is 24.6 Å². The van der Waals surface area contributed by atoms with Crippen LogP contribution in [0.2, 0.25) is 0 Å². The van der Waals surface area contributed by atoms with E-state index in [2.05, 4.69) is 10.5 Å². The van der Waals surface area contributed by atoms with E-state index in [1.165, 1.54) is 12.1 Å². The predicted octanol–water partition coefficient (Wildman–Crippen LogP) is 4.61. The van der Waals surface area contributed by atoms with Crippen LogP contribution >= 0.6 is 0 Å². The SMILES string of the molecule is CCCNC(=O)N(Cc1ccc(F)cc1)Cc1cc(-c2ccccc2OC)on1. The minimum atomic E-state index is -0.311. The van der Waals surface area contributed by atoms with Gasteiger partial charge in [0.15, 0.2) is 5.76 Å². The van der Waals surface area contributed by atoms with E-state index < -0.39 is 0 Å². The van der Waals surface area contributed by atoms with Crippen LogP contribution in [0.3, 0.4) is 0 Å². The number of nitrogens with zero attached hydrogens (tertiary/aromatic N) is 2. The van der Waals surface area contributed by atoms with E-state index in [1.807, 2.05) is 31.2 Å². The minimum Gasteiger partial charge on any atom is -0.496 e. The van der Waals surface area contributed by atoms with Gasteiger partial charge in [-0.05, 0) is 36.2 Å². The van der Waals surface area contributed by atoms with E-state index >= 15 is 0 Å². The molecule has 3 rings (SSSR count). The highest BCUT2D eigenvalue weighted by atomic mass is 19.1. The van der Waals surface area contributed by atoms with Gasteiger partial charge in [-0.2, -0.15) is 0 Å². The van der Waals surface area contributed by atoms with Crippen molar-refractivity contribution < 1.29 is 18.4 Å². The van der Waals surface area contributed by atoms with Gasteiger partial charge >= 0.3 is 6.03 Å². The fourth-order valence-corrected chi connectivity index (χ4v) is 2.91. The molecule has 0 unspecified atom stereocenters. The number of hydrogen-bond donors (Lipinski definition) is 1. The fourth-order valence-electron chi connectivity index (χ4n) is 2.91. The van der Waals surface area contributed by atoms with Crippen molar-refractivity contribution in [2.75, 3.05) is 13.7 Å². The molecule has 7 heteroatoms. The summed E-state index contributed by atoms with van der Waals surface area (Å²) in [5, 5.41) is 6.99. The smallest absolute Gasteiger partial charge is 0.318 e. The predicted molar refractivity (Wildman–Crippen MR) is 108 cm³/mol. The number of urea groups is 1. The molecule has 1 aromatic heterocycles. The molecule has 0 aliphatic carbocycles. The Morgan fingerprint density at radius 2 is 1.93 bits per heavy atom. The first kappa shape index (κ1) is 20.4. The topological polar surface area (TPSA) is 67.6 Å². The van der Waals surface area contributed by atoms with E-state index in [0.29, 0.717) is 30.3 Å². The van der Waals surface area contributed by atoms with Crippen LogP contribution in [0.5, 0.6) is 5.75 Å². The Kier molecular flexibility index (Phi) is 6.84. The number of carbonyl (C=O) groups is 1.